The van der Waals surface area contributed by atoms with Crippen molar-refractivity contribution in [1.29, 1.82) is 0 Å². The Labute approximate surface area is 165 Å². The van der Waals surface area contributed by atoms with Crippen LogP contribution in [0.5, 0.6) is 5.75 Å². The number of hydrogen-bond donors (Lipinski definition) is 1. The zero-order chi connectivity index (χ0) is 19.5. The summed E-state index contributed by atoms with van der Waals surface area (Å²) in [6, 6.07) is 11.1. The summed E-state index contributed by atoms with van der Waals surface area (Å²) in [5.74, 6) is 0.580. The van der Waals surface area contributed by atoms with E-state index < -0.39 is 6.04 Å². The molecule has 0 bridgehead atoms. The van der Waals surface area contributed by atoms with Crippen LogP contribution in [0.25, 0.3) is 0 Å². The van der Waals surface area contributed by atoms with E-state index >= 15 is 0 Å². The average Bonchev–Trinajstić information content (AvgIpc) is 3.17. The molecule has 148 valence electrons. The molecule has 4 rings (SSSR count). The lowest BCUT2D eigenvalue weighted by molar-refractivity contribution is -0.144. The molecule has 0 spiro atoms. The summed E-state index contributed by atoms with van der Waals surface area (Å²) in [6.07, 6.45) is 7.43. The number of nitrogens with one attached hydrogen (secondary N) is 1. The quantitative estimate of drug-likeness (QED) is 0.866. The number of amides is 2. The summed E-state index contributed by atoms with van der Waals surface area (Å²) in [4.78, 5) is 27.9. The molecule has 1 aromatic heterocycles. The largest absolute Gasteiger partial charge is 0.496 e. The van der Waals surface area contributed by atoms with Crippen molar-refractivity contribution in [1.82, 2.24) is 14.8 Å². The number of hydrogen-bond acceptors (Lipinski definition) is 3. The summed E-state index contributed by atoms with van der Waals surface area (Å²) >= 11 is 0. The molecular weight excluding hydrogens is 354 g/mol. The molecule has 1 aromatic carbocycles. The molecule has 2 aliphatic rings. The van der Waals surface area contributed by atoms with Crippen LogP contribution in [0.2, 0.25) is 0 Å². The molecule has 1 fully saturated rings. The Kier molecular flexibility index (Phi) is 5.37. The number of rotatable bonds is 5. The van der Waals surface area contributed by atoms with Gasteiger partial charge in [-0.3, -0.25) is 9.59 Å². The predicted molar refractivity (Wildman–Crippen MR) is 106 cm³/mol. The minimum Gasteiger partial charge on any atom is -0.496 e. The number of para-hydroxylation sites is 1. The van der Waals surface area contributed by atoms with Crippen molar-refractivity contribution >= 4 is 11.8 Å². The van der Waals surface area contributed by atoms with Gasteiger partial charge in [-0.2, -0.15) is 0 Å². The van der Waals surface area contributed by atoms with E-state index in [0.717, 1.165) is 42.7 Å². The fraction of sp³-hybridized carbons (Fsp3) is 0.455. The van der Waals surface area contributed by atoms with Crippen molar-refractivity contribution in [2.24, 2.45) is 0 Å². The standard InChI is InChI=1S/C22H27N3O3/c1-28-19-12-6-5-8-16(19)14-25-20(26)15-24-13-7-11-18(24)21(25)22(27)23-17-9-3-2-4-10-17/h5-8,11-13,17,21H,2-4,9-10,14-15H2,1H3,(H,23,27)/t21-/m0/s1. The van der Waals surface area contributed by atoms with E-state index in [1.165, 1.54) is 6.42 Å². The number of methoxy groups -OCH3 is 1. The highest BCUT2D eigenvalue weighted by atomic mass is 16.5. The van der Waals surface area contributed by atoms with Gasteiger partial charge in [-0.1, -0.05) is 37.5 Å². The Balaban J connectivity index is 1.62. The number of aromatic nitrogens is 1. The van der Waals surface area contributed by atoms with Gasteiger partial charge in [0, 0.05) is 17.8 Å². The number of carbonyl (C=O) groups excluding carboxylic acids is 2. The monoisotopic (exact) mass is 381 g/mol. The van der Waals surface area contributed by atoms with Crippen LogP contribution in [0.4, 0.5) is 0 Å². The Morgan fingerprint density at radius 3 is 2.71 bits per heavy atom. The van der Waals surface area contributed by atoms with Crippen molar-refractivity contribution in [3.63, 3.8) is 0 Å². The molecule has 0 unspecified atom stereocenters. The lowest BCUT2D eigenvalue weighted by Crippen LogP contribution is -2.50. The maximum Gasteiger partial charge on any atom is 0.249 e. The van der Waals surface area contributed by atoms with E-state index in [1.807, 2.05) is 47.2 Å². The number of benzene rings is 1. The summed E-state index contributed by atoms with van der Waals surface area (Å²) in [6.45, 7) is 0.599. The SMILES string of the molecule is COc1ccccc1CN1C(=O)Cn2cccc2[C@H]1C(=O)NC1CCCCC1. The molecule has 1 aliphatic carbocycles. The van der Waals surface area contributed by atoms with E-state index in [2.05, 4.69) is 5.32 Å². The zero-order valence-electron chi connectivity index (χ0n) is 16.3. The summed E-state index contributed by atoms with van der Waals surface area (Å²) in [7, 11) is 1.62. The van der Waals surface area contributed by atoms with Crippen LogP contribution >= 0.6 is 0 Å². The van der Waals surface area contributed by atoms with Gasteiger partial charge in [0.05, 0.1) is 19.3 Å². The second kappa shape index (κ2) is 8.09. The number of fused-ring (bicyclic) bond motifs is 1. The van der Waals surface area contributed by atoms with Gasteiger partial charge in [-0.15, -0.1) is 0 Å². The van der Waals surface area contributed by atoms with Gasteiger partial charge in [0.1, 0.15) is 12.3 Å². The highest BCUT2D eigenvalue weighted by molar-refractivity contribution is 5.90. The van der Waals surface area contributed by atoms with Crippen LogP contribution in [0.1, 0.15) is 49.4 Å². The molecule has 0 radical (unpaired) electrons. The van der Waals surface area contributed by atoms with Gasteiger partial charge >= 0.3 is 0 Å². The van der Waals surface area contributed by atoms with Gasteiger partial charge in [0.2, 0.25) is 11.8 Å². The average molecular weight is 381 g/mol. The fourth-order valence-corrected chi connectivity index (χ4v) is 4.36. The molecular formula is C22H27N3O3. The summed E-state index contributed by atoms with van der Waals surface area (Å²) < 4.78 is 7.33. The first-order valence-electron chi connectivity index (χ1n) is 10.0. The normalized spacial score (nSPS) is 20.0. The molecule has 1 N–H and O–H groups in total. The van der Waals surface area contributed by atoms with Gasteiger partial charge in [0.15, 0.2) is 6.04 Å². The van der Waals surface area contributed by atoms with Crippen LogP contribution in [0.3, 0.4) is 0 Å². The third kappa shape index (κ3) is 3.63. The molecule has 2 aromatic rings. The van der Waals surface area contributed by atoms with Crippen molar-refractivity contribution in [2.45, 2.75) is 57.3 Å². The van der Waals surface area contributed by atoms with Crippen LogP contribution in [0.15, 0.2) is 42.6 Å². The molecule has 1 atom stereocenters. The van der Waals surface area contributed by atoms with E-state index in [0.29, 0.717) is 6.54 Å². The van der Waals surface area contributed by atoms with Crippen LogP contribution < -0.4 is 10.1 Å². The minimum absolute atomic E-state index is 0.0570. The summed E-state index contributed by atoms with van der Waals surface area (Å²) in [5.41, 5.74) is 1.76. The third-order valence-electron chi connectivity index (χ3n) is 5.82. The molecule has 1 aliphatic heterocycles. The molecule has 6 heteroatoms. The van der Waals surface area contributed by atoms with Crippen molar-refractivity contribution in [3.05, 3.63) is 53.9 Å². The second-order valence-corrected chi connectivity index (χ2v) is 7.64. The molecule has 28 heavy (non-hydrogen) atoms. The molecule has 2 heterocycles. The number of nitrogens with zero attached hydrogens (tertiary/aromatic N) is 2. The third-order valence-corrected chi connectivity index (χ3v) is 5.82. The van der Waals surface area contributed by atoms with E-state index in [-0.39, 0.29) is 24.4 Å². The first-order valence-corrected chi connectivity index (χ1v) is 10.0. The Morgan fingerprint density at radius 1 is 1.14 bits per heavy atom. The highest BCUT2D eigenvalue weighted by Gasteiger charge is 2.38. The smallest absolute Gasteiger partial charge is 0.249 e. The maximum atomic E-state index is 13.3. The summed E-state index contributed by atoms with van der Waals surface area (Å²) in [5, 5.41) is 3.21. The van der Waals surface area contributed by atoms with Crippen molar-refractivity contribution < 1.29 is 14.3 Å². The topological polar surface area (TPSA) is 63.6 Å². The lowest BCUT2D eigenvalue weighted by Gasteiger charge is -2.37. The Morgan fingerprint density at radius 2 is 1.93 bits per heavy atom. The Bertz CT molecular complexity index is 854. The number of ether oxygens (including phenoxy) is 1. The highest BCUT2D eigenvalue weighted by Crippen LogP contribution is 2.31. The van der Waals surface area contributed by atoms with Crippen LogP contribution in [-0.2, 0) is 22.7 Å². The van der Waals surface area contributed by atoms with E-state index in [9.17, 15) is 9.59 Å². The minimum atomic E-state index is -0.622. The van der Waals surface area contributed by atoms with Gasteiger partial charge in [-0.25, -0.2) is 0 Å². The Hall–Kier alpha value is -2.76. The molecule has 0 saturated heterocycles. The number of carbonyl (C=O) groups is 2. The van der Waals surface area contributed by atoms with Gasteiger partial charge in [-0.05, 0) is 31.0 Å². The van der Waals surface area contributed by atoms with Crippen LogP contribution in [0, 0.1) is 0 Å². The molecule has 1 saturated carbocycles. The molecule has 6 nitrogen and oxygen atoms in total. The second-order valence-electron chi connectivity index (χ2n) is 7.64. The van der Waals surface area contributed by atoms with E-state index in [4.69, 9.17) is 4.74 Å². The maximum absolute atomic E-state index is 13.3. The fourth-order valence-electron chi connectivity index (χ4n) is 4.36. The zero-order valence-corrected chi connectivity index (χ0v) is 16.3. The predicted octanol–water partition coefficient (Wildman–Crippen LogP) is 3.03. The van der Waals surface area contributed by atoms with Crippen LogP contribution in [-0.4, -0.2) is 34.4 Å². The van der Waals surface area contributed by atoms with Crippen molar-refractivity contribution in [3.8, 4) is 5.75 Å². The van der Waals surface area contributed by atoms with Gasteiger partial charge < -0.3 is 19.5 Å². The van der Waals surface area contributed by atoms with Crippen molar-refractivity contribution in [2.75, 3.05) is 7.11 Å². The van der Waals surface area contributed by atoms with Gasteiger partial charge in [0.25, 0.3) is 0 Å². The molecule has 2 amide bonds. The first kappa shape index (κ1) is 18.6. The van der Waals surface area contributed by atoms with E-state index in [1.54, 1.807) is 12.0 Å². The first-order chi connectivity index (χ1) is 13.7. The lowest BCUT2D eigenvalue weighted by atomic mass is 9.95.